The largest absolute Gasteiger partial charge is 0.349 e. The van der Waals surface area contributed by atoms with E-state index < -0.39 is 5.09 Å². The zero-order chi connectivity index (χ0) is 11.4. The second-order valence-electron chi connectivity index (χ2n) is 4.04. The Morgan fingerprint density at radius 1 is 1.33 bits per heavy atom. The van der Waals surface area contributed by atoms with Crippen LogP contribution in [0, 0.1) is 16.0 Å². The summed E-state index contributed by atoms with van der Waals surface area (Å²) >= 11 is 0. The molecule has 0 spiro atoms. The van der Waals surface area contributed by atoms with Crippen molar-refractivity contribution < 1.29 is 14.7 Å². The van der Waals surface area contributed by atoms with Crippen molar-refractivity contribution in [3.8, 4) is 0 Å². The summed E-state index contributed by atoms with van der Waals surface area (Å²) in [5.74, 6) is 0.112. The summed E-state index contributed by atoms with van der Waals surface area (Å²) in [6, 6.07) is 0. The molecule has 0 N–H and O–H groups in total. The molecule has 1 amide bonds. The summed E-state index contributed by atoms with van der Waals surface area (Å²) in [4.78, 5) is 27.7. The third kappa shape index (κ3) is 3.38. The maximum atomic E-state index is 11.6. The first-order valence-corrected chi connectivity index (χ1v) is 5.03. The van der Waals surface area contributed by atoms with Crippen LogP contribution in [0.5, 0.6) is 0 Å². The van der Waals surface area contributed by atoms with Gasteiger partial charge in [0.25, 0.3) is 5.09 Å². The van der Waals surface area contributed by atoms with Gasteiger partial charge in [-0.1, -0.05) is 0 Å². The Morgan fingerprint density at radius 2 is 1.87 bits per heavy atom. The van der Waals surface area contributed by atoms with Crippen molar-refractivity contribution in [2.24, 2.45) is 5.92 Å². The summed E-state index contributed by atoms with van der Waals surface area (Å²) in [6.45, 7) is 0. The molecular formula is C9H16N2O4. The molecule has 1 fully saturated rings. The van der Waals surface area contributed by atoms with Crippen molar-refractivity contribution >= 4 is 5.91 Å². The van der Waals surface area contributed by atoms with E-state index in [4.69, 9.17) is 0 Å². The SMILES string of the molecule is CN(C)C(=O)C1CCC(O[N+](=O)[O-])CC1. The van der Waals surface area contributed by atoms with Crippen molar-refractivity contribution in [3.63, 3.8) is 0 Å². The number of nitrogens with zero attached hydrogens (tertiary/aromatic N) is 2. The predicted molar refractivity (Wildman–Crippen MR) is 52.5 cm³/mol. The molecule has 0 aromatic heterocycles. The first-order chi connectivity index (χ1) is 7.00. The topological polar surface area (TPSA) is 72.7 Å². The van der Waals surface area contributed by atoms with E-state index in [1.165, 1.54) is 0 Å². The van der Waals surface area contributed by atoms with E-state index in [0.29, 0.717) is 25.7 Å². The Kier molecular flexibility index (Phi) is 3.88. The van der Waals surface area contributed by atoms with Crippen molar-refractivity contribution in [1.29, 1.82) is 0 Å². The molecule has 86 valence electrons. The highest BCUT2D eigenvalue weighted by Gasteiger charge is 2.28. The van der Waals surface area contributed by atoms with Crippen LogP contribution in [-0.4, -0.2) is 36.1 Å². The average molecular weight is 216 g/mol. The molecule has 15 heavy (non-hydrogen) atoms. The molecule has 0 aliphatic heterocycles. The molecule has 0 aromatic carbocycles. The summed E-state index contributed by atoms with van der Waals surface area (Å²) in [6.07, 6.45) is 2.20. The highest BCUT2D eigenvalue weighted by atomic mass is 17.0. The predicted octanol–water partition coefficient (Wildman–Crippen LogP) is 0.842. The van der Waals surface area contributed by atoms with Crippen LogP contribution < -0.4 is 0 Å². The lowest BCUT2D eigenvalue weighted by atomic mass is 9.86. The Bertz CT molecular complexity index is 246. The lowest BCUT2D eigenvalue weighted by Crippen LogP contribution is -2.34. The summed E-state index contributed by atoms with van der Waals surface area (Å²) < 4.78 is 0. The van der Waals surface area contributed by atoms with E-state index in [2.05, 4.69) is 4.84 Å². The fraction of sp³-hybridized carbons (Fsp3) is 0.889. The number of hydrogen-bond acceptors (Lipinski definition) is 4. The van der Waals surface area contributed by atoms with Gasteiger partial charge in [-0.2, -0.15) is 0 Å². The monoisotopic (exact) mass is 216 g/mol. The van der Waals surface area contributed by atoms with Crippen LogP contribution in [0.25, 0.3) is 0 Å². The van der Waals surface area contributed by atoms with Gasteiger partial charge in [-0.25, -0.2) is 0 Å². The highest BCUT2D eigenvalue weighted by molar-refractivity contribution is 5.78. The Labute approximate surface area is 88.3 Å². The van der Waals surface area contributed by atoms with Crippen molar-refractivity contribution in [2.75, 3.05) is 14.1 Å². The Balaban J connectivity index is 2.35. The van der Waals surface area contributed by atoms with Crippen molar-refractivity contribution in [3.05, 3.63) is 10.1 Å². The van der Waals surface area contributed by atoms with Gasteiger partial charge in [0.05, 0.1) is 0 Å². The molecule has 1 rings (SSSR count). The molecule has 0 aromatic rings. The smallest absolute Gasteiger partial charge is 0.294 e. The maximum absolute atomic E-state index is 11.6. The molecule has 1 aliphatic carbocycles. The minimum absolute atomic E-state index is 0.00611. The number of carbonyl (C=O) groups is 1. The third-order valence-corrected chi connectivity index (χ3v) is 2.70. The molecule has 6 nitrogen and oxygen atoms in total. The molecule has 1 aliphatic rings. The average Bonchev–Trinajstić information content (AvgIpc) is 2.17. The van der Waals surface area contributed by atoms with E-state index in [9.17, 15) is 14.9 Å². The van der Waals surface area contributed by atoms with Crippen LogP contribution in [-0.2, 0) is 9.63 Å². The number of amides is 1. The second kappa shape index (κ2) is 4.95. The molecule has 0 atom stereocenters. The van der Waals surface area contributed by atoms with Crippen molar-refractivity contribution in [1.82, 2.24) is 4.90 Å². The lowest BCUT2D eigenvalue weighted by Gasteiger charge is -2.27. The Hall–Kier alpha value is -1.33. The maximum Gasteiger partial charge on any atom is 0.294 e. The minimum Gasteiger partial charge on any atom is -0.349 e. The quantitative estimate of drug-likeness (QED) is 0.517. The lowest BCUT2D eigenvalue weighted by molar-refractivity contribution is -0.769. The summed E-state index contributed by atoms with van der Waals surface area (Å²) in [5.41, 5.74) is 0. The van der Waals surface area contributed by atoms with Gasteiger partial charge in [0, 0.05) is 20.0 Å². The van der Waals surface area contributed by atoms with Crippen LogP contribution in [0.15, 0.2) is 0 Å². The van der Waals surface area contributed by atoms with Gasteiger partial charge in [-0.3, -0.25) is 4.79 Å². The van der Waals surface area contributed by atoms with E-state index in [0.717, 1.165) is 0 Å². The minimum atomic E-state index is -0.751. The van der Waals surface area contributed by atoms with Gasteiger partial charge in [0.1, 0.15) is 6.10 Å². The van der Waals surface area contributed by atoms with Crippen LogP contribution in [0.3, 0.4) is 0 Å². The third-order valence-electron chi connectivity index (χ3n) is 2.70. The molecule has 0 heterocycles. The summed E-state index contributed by atoms with van der Waals surface area (Å²) in [5, 5.41) is 9.35. The van der Waals surface area contributed by atoms with Gasteiger partial charge in [-0.15, -0.1) is 10.1 Å². The molecule has 0 radical (unpaired) electrons. The van der Waals surface area contributed by atoms with Gasteiger partial charge >= 0.3 is 0 Å². The molecule has 1 saturated carbocycles. The number of rotatable bonds is 3. The van der Waals surface area contributed by atoms with Gasteiger partial charge in [0.2, 0.25) is 5.91 Å². The van der Waals surface area contributed by atoms with Gasteiger partial charge < -0.3 is 9.74 Å². The standard InChI is InChI=1S/C9H16N2O4/c1-10(2)9(12)7-3-5-8(6-4-7)15-11(13)14/h7-8H,3-6H2,1-2H3. The molecule has 6 heteroatoms. The van der Waals surface area contributed by atoms with Gasteiger partial charge in [0.15, 0.2) is 0 Å². The highest BCUT2D eigenvalue weighted by Crippen LogP contribution is 2.27. The van der Waals surface area contributed by atoms with Crippen LogP contribution in [0.4, 0.5) is 0 Å². The van der Waals surface area contributed by atoms with E-state index in [1.807, 2.05) is 0 Å². The van der Waals surface area contributed by atoms with Crippen LogP contribution >= 0.6 is 0 Å². The molecular weight excluding hydrogens is 200 g/mol. The Morgan fingerprint density at radius 3 is 2.27 bits per heavy atom. The second-order valence-corrected chi connectivity index (χ2v) is 4.04. The van der Waals surface area contributed by atoms with E-state index >= 15 is 0 Å². The normalized spacial score (nSPS) is 25.7. The number of carbonyl (C=O) groups excluding carboxylic acids is 1. The molecule has 0 bridgehead atoms. The number of hydrogen-bond donors (Lipinski definition) is 0. The molecule has 0 unspecified atom stereocenters. The zero-order valence-electron chi connectivity index (χ0n) is 9.01. The van der Waals surface area contributed by atoms with Gasteiger partial charge in [-0.05, 0) is 25.7 Å². The van der Waals surface area contributed by atoms with Crippen LogP contribution in [0.2, 0.25) is 0 Å². The first kappa shape index (κ1) is 11.7. The zero-order valence-corrected chi connectivity index (χ0v) is 9.01. The fourth-order valence-electron chi connectivity index (χ4n) is 1.90. The first-order valence-electron chi connectivity index (χ1n) is 5.03. The fourth-order valence-corrected chi connectivity index (χ4v) is 1.90. The van der Waals surface area contributed by atoms with E-state index in [1.54, 1.807) is 19.0 Å². The summed E-state index contributed by atoms with van der Waals surface area (Å²) in [7, 11) is 3.45. The molecule has 0 saturated heterocycles. The van der Waals surface area contributed by atoms with Crippen molar-refractivity contribution in [2.45, 2.75) is 31.8 Å². The van der Waals surface area contributed by atoms with E-state index in [-0.39, 0.29) is 17.9 Å². The van der Waals surface area contributed by atoms with Crippen LogP contribution in [0.1, 0.15) is 25.7 Å².